The second kappa shape index (κ2) is 8.66. The first kappa shape index (κ1) is 17.5. The number of nitrogens with zero attached hydrogens (tertiary/aromatic N) is 1. The van der Waals surface area contributed by atoms with E-state index in [-0.39, 0.29) is 6.10 Å². The molecule has 1 aromatic rings. The summed E-state index contributed by atoms with van der Waals surface area (Å²) in [5, 5.41) is 10.4. The van der Waals surface area contributed by atoms with Gasteiger partial charge in [-0.25, -0.2) is 0 Å². The molecule has 22 heavy (non-hydrogen) atoms. The number of rotatable bonds is 7. The summed E-state index contributed by atoms with van der Waals surface area (Å²) in [7, 11) is 0. The Morgan fingerprint density at radius 2 is 1.82 bits per heavy atom. The summed E-state index contributed by atoms with van der Waals surface area (Å²) in [6.45, 7) is 7.78. The van der Waals surface area contributed by atoms with E-state index in [0.29, 0.717) is 25.2 Å². The van der Waals surface area contributed by atoms with E-state index in [1.165, 1.54) is 24.8 Å². The molecule has 0 amide bonds. The molecule has 1 aromatic carbocycles. The highest BCUT2D eigenvalue weighted by molar-refractivity contribution is 5.17. The van der Waals surface area contributed by atoms with Crippen LogP contribution in [-0.2, 0) is 4.74 Å². The van der Waals surface area contributed by atoms with Crippen molar-refractivity contribution >= 4 is 0 Å². The second-order valence-electron chi connectivity index (χ2n) is 6.62. The van der Waals surface area contributed by atoms with Crippen LogP contribution in [0.2, 0.25) is 0 Å². The average Bonchev–Trinajstić information content (AvgIpc) is 2.53. The van der Waals surface area contributed by atoms with E-state index in [0.717, 1.165) is 6.42 Å². The van der Waals surface area contributed by atoms with Crippen molar-refractivity contribution in [1.29, 1.82) is 0 Å². The van der Waals surface area contributed by atoms with Gasteiger partial charge in [-0.05, 0) is 38.7 Å². The Balaban J connectivity index is 1.82. The quantitative estimate of drug-likeness (QED) is 0.832. The summed E-state index contributed by atoms with van der Waals surface area (Å²) in [4.78, 5) is 2.43. The molecule has 1 aliphatic rings. The molecule has 0 saturated carbocycles. The van der Waals surface area contributed by atoms with Crippen molar-refractivity contribution in [2.45, 2.75) is 70.7 Å². The molecule has 2 rings (SSSR count). The number of benzene rings is 1. The number of hydrogen-bond donors (Lipinski definition) is 1. The van der Waals surface area contributed by atoms with Gasteiger partial charge in [-0.2, -0.15) is 0 Å². The summed E-state index contributed by atoms with van der Waals surface area (Å²) in [6.07, 6.45) is 4.36. The maximum absolute atomic E-state index is 10.4. The van der Waals surface area contributed by atoms with Crippen molar-refractivity contribution in [2.75, 3.05) is 13.2 Å². The lowest BCUT2D eigenvalue weighted by Crippen LogP contribution is -2.48. The number of aliphatic hydroxyl groups is 1. The number of likely N-dealkylation sites (tertiary alicyclic amines) is 1. The summed E-state index contributed by atoms with van der Waals surface area (Å²) in [5.41, 5.74) is 1.19. The van der Waals surface area contributed by atoms with Gasteiger partial charge in [0.15, 0.2) is 0 Å². The summed E-state index contributed by atoms with van der Waals surface area (Å²) in [5.74, 6) is 0. The fourth-order valence-corrected chi connectivity index (χ4v) is 3.48. The van der Waals surface area contributed by atoms with Crippen molar-refractivity contribution < 1.29 is 9.84 Å². The number of hydrogen-bond acceptors (Lipinski definition) is 3. The van der Waals surface area contributed by atoms with E-state index < -0.39 is 6.10 Å². The minimum atomic E-state index is -0.416. The molecule has 0 radical (unpaired) electrons. The predicted molar refractivity (Wildman–Crippen MR) is 90.9 cm³/mol. The highest BCUT2D eigenvalue weighted by Crippen LogP contribution is 2.24. The molecule has 0 bridgehead atoms. The van der Waals surface area contributed by atoms with Crippen LogP contribution in [0.3, 0.4) is 0 Å². The molecule has 3 heteroatoms. The van der Waals surface area contributed by atoms with E-state index in [1.54, 1.807) is 0 Å². The zero-order chi connectivity index (χ0) is 15.9. The van der Waals surface area contributed by atoms with Crippen molar-refractivity contribution in [2.24, 2.45) is 0 Å². The zero-order valence-electron chi connectivity index (χ0n) is 14.2. The monoisotopic (exact) mass is 305 g/mol. The molecule has 1 aliphatic heterocycles. The Bertz CT molecular complexity index is 413. The first-order valence-corrected chi connectivity index (χ1v) is 8.72. The fraction of sp³-hybridized carbons (Fsp3) is 0.684. The molecule has 0 unspecified atom stereocenters. The third kappa shape index (κ3) is 4.80. The second-order valence-corrected chi connectivity index (χ2v) is 6.62. The zero-order valence-corrected chi connectivity index (χ0v) is 14.2. The van der Waals surface area contributed by atoms with Gasteiger partial charge in [-0.3, -0.25) is 4.90 Å². The maximum atomic E-state index is 10.4. The molecule has 1 fully saturated rings. The van der Waals surface area contributed by atoms with Crippen LogP contribution in [-0.4, -0.2) is 41.3 Å². The van der Waals surface area contributed by atoms with E-state index >= 15 is 0 Å². The van der Waals surface area contributed by atoms with Crippen LogP contribution in [0.1, 0.15) is 58.1 Å². The van der Waals surface area contributed by atoms with Gasteiger partial charge in [0.05, 0.1) is 18.8 Å². The smallest absolute Gasteiger partial charge is 0.0900 e. The topological polar surface area (TPSA) is 32.7 Å². The van der Waals surface area contributed by atoms with Crippen LogP contribution in [0, 0.1) is 0 Å². The summed E-state index contributed by atoms with van der Waals surface area (Å²) >= 11 is 0. The van der Waals surface area contributed by atoms with Crippen LogP contribution in [0.5, 0.6) is 0 Å². The highest BCUT2D eigenvalue weighted by Gasteiger charge is 2.26. The molecule has 0 aliphatic carbocycles. The van der Waals surface area contributed by atoms with Gasteiger partial charge >= 0.3 is 0 Å². The average molecular weight is 305 g/mol. The fourth-order valence-electron chi connectivity index (χ4n) is 3.48. The Hall–Kier alpha value is -0.900. The molecule has 4 atom stereocenters. The van der Waals surface area contributed by atoms with Gasteiger partial charge in [0, 0.05) is 18.6 Å². The molecule has 1 saturated heterocycles. The summed E-state index contributed by atoms with van der Waals surface area (Å²) < 4.78 is 5.97. The lowest BCUT2D eigenvalue weighted by molar-refractivity contribution is -0.0377. The molecule has 1 heterocycles. The lowest BCUT2D eigenvalue weighted by Gasteiger charge is -2.40. The molecular formula is C19H31NO2. The highest BCUT2D eigenvalue weighted by atomic mass is 16.5. The van der Waals surface area contributed by atoms with Gasteiger partial charge in [-0.15, -0.1) is 0 Å². The minimum Gasteiger partial charge on any atom is -0.389 e. The number of piperidine rings is 1. The maximum Gasteiger partial charge on any atom is 0.0900 e. The van der Waals surface area contributed by atoms with E-state index in [4.69, 9.17) is 4.74 Å². The van der Waals surface area contributed by atoms with Gasteiger partial charge in [0.2, 0.25) is 0 Å². The molecular weight excluding hydrogens is 274 g/mol. The lowest BCUT2D eigenvalue weighted by atomic mass is 9.97. The standard InChI is InChI=1S/C19H31NO2/c1-4-19(17-11-6-5-7-12-17)22-14-18(21)13-20-15(2)9-8-10-16(20)3/h5-7,11-12,15-16,18-19,21H,4,8-10,13-14H2,1-3H3/t15-,16+,18-,19-/m1/s1. The van der Waals surface area contributed by atoms with Gasteiger partial charge in [0.25, 0.3) is 0 Å². The van der Waals surface area contributed by atoms with Crippen molar-refractivity contribution in [3.63, 3.8) is 0 Å². The van der Waals surface area contributed by atoms with Gasteiger partial charge in [-0.1, -0.05) is 43.7 Å². The van der Waals surface area contributed by atoms with Gasteiger partial charge in [0.1, 0.15) is 0 Å². The largest absolute Gasteiger partial charge is 0.389 e. The third-order valence-corrected chi connectivity index (χ3v) is 4.83. The molecule has 124 valence electrons. The molecule has 3 nitrogen and oxygen atoms in total. The first-order chi connectivity index (χ1) is 10.6. The van der Waals surface area contributed by atoms with Crippen molar-refractivity contribution in [3.05, 3.63) is 35.9 Å². The number of β-amino-alcohol motifs (C(OH)–C–C–N with tert-alkyl or cyclic N) is 1. The van der Waals surface area contributed by atoms with Crippen LogP contribution in [0.4, 0.5) is 0 Å². The van der Waals surface area contributed by atoms with E-state index in [9.17, 15) is 5.11 Å². The predicted octanol–water partition coefficient (Wildman–Crippen LogP) is 3.78. The molecule has 0 aromatic heterocycles. The Morgan fingerprint density at radius 1 is 1.18 bits per heavy atom. The van der Waals surface area contributed by atoms with Crippen LogP contribution in [0.25, 0.3) is 0 Å². The number of ether oxygens (including phenoxy) is 1. The minimum absolute atomic E-state index is 0.0760. The SMILES string of the molecule is CC[C@@H](OC[C@H](O)CN1[C@H](C)CCC[C@@H]1C)c1ccccc1. The summed E-state index contributed by atoms with van der Waals surface area (Å²) in [6, 6.07) is 11.4. The molecule has 1 N–H and O–H groups in total. The van der Waals surface area contributed by atoms with Crippen molar-refractivity contribution in [3.8, 4) is 0 Å². The van der Waals surface area contributed by atoms with Crippen LogP contribution < -0.4 is 0 Å². The van der Waals surface area contributed by atoms with E-state index in [1.807, 2.05) is 18.2 Å². The third-order valence-electron chi connectivity index (χ3n) is 4.83. The Kier molecular flexibility index (Phi) is 6.87. The van der Waals surface area contributed by atoms with Crippen LogP contribution >= 0.6 is 0 Å². The van der Waals surface area contributed by atoms with Crippen molar-refractivity contribution in [1.82, 2.24) is 4.90 Å². The Labute approximate surface area is 135 Å². The van der Waals surface area contributed by atoms with Crippen LogP contribution in [0.15, 0.2) is 30.3 Å². The number of aliphatic hydroxyl groups excluding tert-OH is 1. The molecule has 0 spiro atoms. The van der Waals surface area contributed by atoms with Gasteiger partial charge < -0.3 is 9.84 Å². The Morgan fingerprint density at radius 3 is 2.41 bits per heavy atom. The van der Waals surface area contributed by atoms with E-state index in [2.05, 4.69) is 37.8 Å². The normalized spacial score (nSPS) is 25.8. The first-order valence-electron chi connectivity index (χ1n) is 8.72.